The van der Waals surface area contributed by atoms with Crippen molar-refractivity contribution in [3.63, 3.8) is 0 Å². The van der Waals surface area contributed by atoms with Crippen LogP contribution in [-0.4, -0.2) is 22.0 Å². The van der Waals surface area contributed by atoms with Crippen LogP contribution in [0.1, 0.15) is 28.7 Å². The van der Waals surface area contributed by atoms with Crippen molar-refractivity contribution in [2.75, 3.05) is 7.11 Å². The van der Waals surface area contributed by atoms with E-state index < -0.39 is 6.10 Å². The zero-order valence-electron chi connectivity index (χ0n) is 12.5. The topological polar surface area (TPSA) is 60.4 Å². The Morgan fingerprint density at radius 3 is 2.76 bits per heavy atom. The molecule has 2 heterocycles. The fourth-order valence-corrected chi connectivity index (χ4v) is 2.67. The van der Waals surface area contributed by atoms with Crippen molar-refractivity contribution < 1.29 is 14.3 Å². The van der Waals surface area contributed by atoms with Crippen LogP contribution in [0.25, 0.3) is 11.0 Å². The van der Waals surface area contributed by atoms with Crippen molar-refractivity contribution in [1.82, 2.24) is 9.78 Å². The number of nitrogens with zero attached hydrogens (tertiary/aromatic N) is 2. The largest absolute Gasteiger partial charge is 0.481 e. The van der Waals surface area contributed by atoms with Crippen LogP contribution >= 0.6 is 0 Å². The second-order valence-corrected chi connectivity index (χ2v) is 5.22. The lowest BCUT2D eigenvalue weighted by Gasteiger charge is -2.09. The molecule has 1 aromatic carbocycles. The minimum atomic E-state index is -0.902. The Bertz CT molecular complexity index is 801. The molecule has 0 amide bonds. The summed E-state index contributed by atoms with van der Waals surface area (Å²) in [6, 6.07) is 7.79. The Balaban J connectivity index is 2.10. The van der Waals surface area contributed by atoms with E-state index in [0.29, 0.717) is 17.2 Å². The molecule has 21 heavy (non-hydrogen) atoms. The van der Waals surface area contributed by atoms with E-state index in [9.17, 15) is 5.11 Å². The van der Waals surface area contributed by atoms with Gasteiger partial charge in [0.15, 0.2) is 0 Å². The fraction of sp³-hybridized carbons (Fsp3) is 0.312. The highest BCUT2D eigenvalue weighted by atomic mass is 16.5. The van der Waals surface area contributed by atoms with Crippen LogP contribution in [0.15, 0.2) is 28.7 Å². The van der Waals surface area contributed by atoms with E-state index in [0.717, 1.165) is 22.2 Å². The minimum absolute atomic E-state index is 0.491. The van der Waals surface area contributed by atoms with Gasteiger partial charge in [-0.25, -0.2) is 4.68 Å². The maximum atomic E-state index is 10.6. The third-order valence-corrected chi connectivity index (χ3v) is 3.64. The van der Waals surface area contributed by atoms with Gasteiger partial charge in [0.1, 0.15) is 17.4 Å². The maximum absolute atomic E-state index is 10.6. The van der Waals surface area contributed by atoms with E-state index in [2.05, 4.69) is 5.10 Å². The lowest BCUT2D eigenvalue weighted by Crippen LogP contribution is -2.02. The molecule has 0 aliphatic carbocycles. The van der Waals surface area contributed by atoms with E-state index in [1.807, 2.05) is 38.1 Å². The van der Waals surface area contributed by atoms with Gasteiger partial charge >= 0.3 is 0 Å². The summed E-state index contributed by atoms with van der Waals surface area (Å²) in [5.74, 6) is 1.03. The molecular formula is C16H18N2O3. The number of fused-ring (bicyclic) bond motifs is 1. The smallest absolute Gasteiger partial charge is 0.217 e. The molecule has 1 atom stereocenters. The summed E-state index contributed by atoms with van der Waals surface area (Å²) in [5.41, 5.74) is 3.27. The van der Waals surface area contributed by atoms with Gasteiger partial charge in [0.05, 0.1) is 18.4 Å². The molecule has 0 saturated heterocycles. The lowest BCUT2D eigenvalue weighted by atomic mass is 10.1. The van der Waals surface area contributed by atoms with Gasteiger partial charge in [0.25, 0.3) is 0 Å². The van der Waals surface area contributed by atoms with Crippen LogP contribution in [-0.2, 0) is 7.05 Å². The summed E-state index contributed by atoms with van der Waals surface area (Å²) in [4.78, 5) is 0. The van der Waals surface area contributed by atoms with Crippen LogP contribution in [0.4, 0.5) is 0 Å². The summed E-state index contributed by atoms with van der Waals surface area (Å²) in [5, 5.41) is 15.9. The molecule has 0 saturated carbocycles. The number of aliphatic hydroxyl groups excluding tert-OH is 1. The maximum Gasteiger partial charge on any atom is 0.217 e. The molecule has 0 fully saturated rings. The first kappa shape index (κ1) is 13.7. The Hall–Kier alpha value is -2.27. The van der Waals surface area contributed by atoms with E-state index >= 15 is 0 Å². The van der Waals surface area contributed by atoms with Crippen molar-refractivity contribution in [2.45, 2.75) is 20.0 Å². The van der Waals surface area contributed by atoms with Crippen molar-refractivity contribution >= 4 is 11.0 Å². The Kier molecular flexibility index (Phi) is 3.22. The molecule has 1 N–H and O–H groups in total. The Morgan fingerprint density at radius 1 is 1.29 bits per heavy atom. The summed E-state index contributed by atoms with van der Waals surface area (Å²) in [6.45, 7) is 3.87. The molecule has 2 aromatic heterocycles. The quantitative estimate of drug-likeness (QED) is 0.804. The summed E-state index contributed by atoms with van der Waals surface area (Å²) >= 11 is 0. The number of rotatable bonds is 3. The molecule has 110 valence electrons. The molecule has 5 heteroatoms. The molecule has 0 bridgehead atoms. The number of aromatic nitrogens is 2. The third kappa shape index (κ3) is 2.19. The molecule has 5 nitrogen and oxygen atoms in total. The number of furan rings is 1. The first-order valence-electron chi connectivity index (χ1n) is 6.77. The van der Waals surface area contributed by atoms with Gasteiger partial charge in [-0.1, -0.05) is 11.6 Å². The van der Waals surface area contributed by atoms with Crippen molar-refractivity contribution in [2.24, 2.45) is 7.05 Å². The van der Waals surface area contributed by atoms with Crippen LogP contribution in [0.3, 0.4) is 0 Å². The van der Waals surface area contributed by atoms with E-state index in [4.69, 9.17) is 9.15 Å². The SMILES string of the molecule is COc1c(C(O)c2cc3cc(C)ccc3o2)c(C)nn1C. The summed E-state index contributed by atoms with van der Waals surface area (Å²) in [7, 11) is 3.35. The number of benzene rings is 1. The number of ether oxygens (including phenoxy) is 1. The molecule has 1 unspecified atom stereocenters. The highest BCUT2D eigenvalue weighted by molar-refractivity contribution is 5.78. The molecule has 0 spiro atoms. The number of methoxy groups -OCH3 is 1. The molecule has 3 aromatic rings. The van der Waals surface area contributed by atoms with Gasteiger partial charge in [-0.05, 0) is 32.0 Å². The first-order chi connectivity index (χ1) is 10.0. The van der Waals surface area contributed by atoms with Gasteiger partial charge in [-0.3, -0.25) is 0 Å². The Labute approximate surface area is 122 Å². The zero-order valence-corrected chi connectivity index (χ0v) is 12.5. The number of hydrogen-bond acceptors (Lipinski definition) is 4. The average Bonchev–Trinajstić information content (AvgIpc) is 2.97. The van der Waals surface area contributed by atoms with Gasteiger partial charge in [-0.2, -0.15) is 5.10 Å². The molecule has 0 aliphatic rings. The van der Waals surface area contributed by atoms with Gasteiger partial charge < -0.3 is 14.3 Å². The highest BCUT2D eigenvalue weighted by Gasteiger charge is 2.25. The van der Waals surface area contributed by atoms with E-state index in [-0.39, 0.29) is 0 Å². The van der Waals surface area contributed by atoms with Crippen LogP contribution in [0.2, 0.25) is 0 Å². The van der Waals surface area contributed by atoms with E-state index in [1.54, 1.807) is 18.8 Å². The monoisotopic (exact) mass is 286 g/mol. The van der Waals surface area contributed by atoms with Crippen LogP contribution < -0.4 is 4.74 Å². The standard InChI is InChI=1S/C16H18N2O3/c1-9-5-6-12-11(7-9)8-13(21-12)15(19)14-10(2)17-18(3)16(14)20-4/h5-8,15,19H,1-4H3. The lowest BCUT2D eigenvalue weighted by molar-refractivity contribution is 0.186. The average molecular weight is 286 g/mol. The Morgan fingerprint density at radius 2 is 2.05 bits per heavy atom. The number of aliphatic hydroxyl groups is 1. The normalized spacial score (nSPS) is 12.8. The van der Waals surface area contributed by atoms with Gasteiger partial charge in [-0.15, -0.1) is 0 Å². The predicted molar refractivity (Wildman–Crippen MR) is 79.5 cm³/mol. The molecule has 0 radical (unpaired) electrons. The molecule has 0 aliphatic heterocycles. The van der Waals surface area contributed by atoms with Gasteiger partial charge in [0, 0.05) is 12.4 Å². The van der Waals surface area contributed by atoms with Crippen LogP contribution in [0, 0.1) is 13.8 Å². The fourth-order valence-electron chi connectivity index (χ4n) is 2.67. The summed E-state index contributed by atoms with van der Waals surface area (Å²) in [6.07, 6.45) is -0.902. The van der Waals surface area contributed by atoms with Gasteiger partial charge in [0.2, 0.25) is 5.88 Å². The molecule has 3 rings (SSSR count). The van der Waals surface area contributed by atoms with Crippen molar-refractivity contribution in [3.8, 4) is 5.88 Å². The van der Waals surface area contributed by atoms with Crippen molar-refractivity contribution in [1.29, 1.82) is 0 Å². The first-order valence-corrected chi connectivity index (χ1v) is 6.77. The third-order valence-electron chi connectivity index (χ3n) is 3.64. The van der Waals surface area contributed by atoms with Crippen molar-refractivity contribution in [3.05, 3.63) is 46.8 Å². The highest BCUT2D eigenvalue weighted by Crippen LogP contribution is 2.34. The second kappa shape index (κ2) is 4.93. The number of hydrogen-bond donors (Lipinski definition) is 1. The second-order valence-electron chi connectivity index (χ2n) is 5.22. The number of aryl methyl sites for hydroxylation is 3. The summed E-state index contributed by atoms with van der Waals surface area (Å²) < 4.78 is 12.7. The predicted octanol–water partition coefficient (Wildman–Crippen LogP) is 2.87. The zero-order chi connectivity index (χ0) is 15.1. The van der Waals surface area contributed by atoms with E-state index in [1.165, 1.54) is 0 Å². The van der Waals surface area contributed by atoms with Crippen LogP contribution in [0.5, 0.6) is 5.88 Å². The molecular weight excluding hydrogens is 268 g/mol. The minimum Gasteiger partial charge on any atom is -0.481 e.